The molecule has 0 unspecified atom stereocenters. The molecule has 3 aliphatic heterocycles. The second-order valence-electron chi connectivity index (χ2n) is 10.1. The molecule has 2 fully saturated rings. The van der Waals surface area contributed by atoms with Gasteiger partial charge in [0.1, 0.15) is 17.0 Å². The molecule has 5 rings (SSSR count). The molecular formula is C29H33N5O6. The summed E-state index contributed by atoms with van der Waals surface area (Å²) in [4.78, 5) is 49.5. The summed E-state index contributed by atoms with van der Waals surface area (Å²) in [5.74, 6) is 6.69. The average molecular weight is 548 g/mol. The minimum Gasteiger partial charge on any atom is -0.497 e. The number of carbonyl (C=O) groups excluding carboxylic acids is 3. The van der Waals surface area contributed by atoms with Gasteiger partial charge in [0.05, 0.1) is 27.2 Å². The number of methoxy groups -OCH3 is 3. The number of amides is 3. The van der Waals surface area contributed by atoms with Crippen LogP contribution in [0.5, 0.6) is 11.5 Å². The summed E-state index contributed by atoms with van der Waals surface area (Å²) in [6, 6.07) is 9.02. The Kier molecular flexibility index (Phi) is 7.91. The number of ether oxygens (including phenoxy) is 3. The van der Waals surface area contributed by atoms with Crippen LogP contribution in [0.25, 0.3) is 0 Å². The van der Waals surface area contributed by atoms with Gasteiger partial charge in [-0.1, -0.05) is 12.0 Å². The molecule has 11 nitrogen and oxygen atoms in total. The largest absolute Gasteiger partial charge is 0.497 e. The highest BCUT2D eigenvalue weighted by Gasteiger charge is 2.48. The number of aromatic nitrogens is 1. The van der Waals surface area contributed by atoms with E-state index in [0.717, 1.165) is 44.1 Å². The van der Waals surface area contributed by atoms with Crippen LogP contribution in [0.2, 0.25) is 0 Å². The van der Waals surface area contributed by atoms with Gasteiger partial charge in [0.25, 0.3) is 5.91 Å². The fraction of sp³-hybridized carbons (Fsp3) is 0.448. The smallest absolute Gasteiger partial charge is 0.254 e. The predicted octanol–water partition coefficient (Wildman–Crippen LogP) is 0.908. The number of anilines is 1. The topological polar surface area (TPSA) is 114 Å². The van der Waals surface area contributed by atoms with Crippen molar-refractivity contribution in [3.05, 3.63) is 47.2 Å². The van der Waals surface area contributed by atoms with Crippen molar-refractivity contribution in [1.82, 2.24) is 20.1 Å². The summed E-state index contributed by atoms with van der Waals surface area (Å²) in [5, 5.41) is 2.37. The summed E-state index contributed by atoms with van der Waals surface area (Å²) in [6.45, 7) is 5.26. The Labute approximate surface area is 233 Å². The zero-order valence-corrected chi connectivity index (χ0v) is 23.0. The Hall–Kier alpha value is -4.14. The number of hydrogen-bond donors (Lipinski definition) is 1. The summed E-state index contributed by atoms with van der Waals surface area (Å²) >= 11 is 0. The van der Waals surface area contributed by atoms with Crippen LogP contribution >= 0.6 is 0 Å². The summed E-state index contributed by atoms with van der Waals surface area (Å²) in [7, 11) is 4.78. The first kappa shape index (κ1) is 27.4. The van der Waals surface area contributed by atoms with Crippen molar-refractivity contribution in [2.24, 2.45) is 5.41 Å². The van der Waals surface area contributed by atoms with E-state index in [1.54, 1.807) is 24.1 Å². The number of imide groups is 1. The number of carbonyl (C=O) groups is 3. The van der Waals surface area contributed by atoms with Crippen molar-refractivity contribution >= 4 is 23.5 Å². The predicted molar refractivity (Wildman–Crippen MR) is 146 cm³/mol. The number of pyridine rings is 1. The monoisotopic (exact) mass is 547 g/mol. The van der Waals surface area contributed by atoms with Gasteiger partial charge in [0, 0.05) is 58.5 Å². The maximum absolute atomic E-state index is 13.2. The molecule has 2 aromatic rings. The number of nitrogens with one attached hydrogen (secondary N) is 1. The third-order valence-electron chi connectivity index (χ3n) is 7.60. The Morgan fingerprint density at radius 1 is 1.02 bits per heavy atom. The second-order valence-corrected chi connectivity index (χ2v) is 10.1. The fourth-order valence-corrected chi connectivity index (χ4v) is 5.30. The Morgan fingerprint density at radius 2 is 1.82 bits per heavy atom. The summed E-state index contributed by atoms with van der Waals surface area (Å²) < 4.78 is 16.0. The molecule has 210 valence electrons. The summed E-state index contributed by atoms with van der Waals surface area (Å²) in [5.41, 5.74) is 0.311. The lowest BCUT2D eigenvalue weighted by Gasteiger charge is -2.35. The van der Waals surface area contributed by atoms with Crippen LogP contribution in [0, 0.1) is 17.3 Å². The molecular weight excluding hydrogens is 514 g/mol. The first-order valence-electron chi connectivity index (χ1n) is 13.2. The lowest BCUT2D eigenvalue weighted by Crippen LogP contribution is -2.47. The molecule has 1 aromatic carbocycles. The van der Waals surface area contributed by atoms with Crippen LogP contribution in [0.4, 0.5) is 5.82 Å². The number of fused-ring (bicyclic) bond motifs is 1. The van der Waals surface area contributed by atoms with Gasteiger partial charge in [-0.3, -0.25) is 24.6 Å². The van der Waals surface area contributed by atoms with Gasteiger partial charge >= 0.3 is 0 Å². The van der Waals surface area contributed by atoms with Crippen LogP contribution in [-0.2, 0) is 20.9 Å². The van der Waals surface area contributed by atoms with Gasteiger partial charge in [0.15, 0.2) is 11.4 Å². The number of nitrogens with zero attached hydrogens (tertiary/aromatic N) is 4. The van der Waals surface area contributed by atoms with E-state index in [1.165, 1.54) is 14.2 Å². The minimum atomic E-state index is -1.41. The van der Waals surface area contributed by atoms with Crippen LogP contribution in [0.3, 0.4) is 0 Å². The van der Waals surface area contributed by atoms with E-state index in [0.29, 0.717) is 35.9 Å². The molecule has 0 radical (unpaired) electrons. The molecule has 1 N–H and O–H groups in total. The zero-order chi connectivity index (χ0) is 28.3. The number of piperazine rings is 1. The van der Waals surface area contributed by atoms with Crippen molar-refractivity contribution < 1.29 is 28.6 Å². The van der Waals surface area contributed by atoms with Crippen LogP contribution in [-0.4, -0.2) is 99.7 Å². The molecule has 4 heterocycles. The standard InChI is InChI=1S/C29H33N5O6/c1-38-15-14-32-10-12-33(13-11-32)25-7-6-24(40-3)23(30-25)8-9-29(17-26(35)31-28(29)37)19-34-18-20-4-5-21(39-2)16-22(20)27(34)36/h4-7,16H,10-15,17-19H2,1-3H3,(H,31,35,37)/t29-/m1/s1. The van der Waals surface area contributed by atoms with Crippen molar-refractivity contribution in [2.45, 2.75) is 13.0 Å². The molecule has 0 aliphatic carbocycles. The van der Waals surface area contributed by atoms with Crippen LogP contribution in [0.15, 0.2) is 30.3 Å². The molecule has 1 aromatic heterocycles. The molecule has 0 bridgehead atoms. The third-order valence-corrected chi connectivity index (χ3v) is 7.60. The van der Waals surface area contributed by atoms with Crippen LogP contribution in [0.1, 0.15) is 28.0 Å². The molecule has 0 spiro atoms. The Bertz CT molecular complexity index is 1380. The van der Waals surface area contributed by atoms with Crippen molar-refractivity contribution in [3.63, 3.8) is 0 Å². The van der Waals surface area contributed by atoms with Crippen molar-refractivity contribution in [3.8, 4) is 23.3 Å². The van der Waals surface area contributed by atoms with Gasteiger partial charge < -0.3 is 24.0 Å². The highest BCUT2D eigenvalue weighted by molar-refractivity contribution is 6.08. The highest BCUT2D eigenvalue weighted by atomic mass is 16.5. The van der Waals surface area contributed by atoms with Gasteiger partial charge in [-0.2, -0.15) is 0 Å². The quantitative estimate of drug-likeness (QED) is 0.381. The molecule has 3 aliphatic rings. The Balaban J connectivity index is 1.39. The van der Waals surface area contributed by atoms with E-state index >= 15 is 0 Å². The number of benzene rings is 1. The first-order chi connectivity index (χ1) is 19.4. The van der Waals surface area contributed by atoms with E-state index in [-0.39, 0.29) is 18.9 Å². The minimum absolute atomic E-state index is 0.0289. The SMILES string of the molecule is COCCN1CCN(c2ccc(OC)c(C#C[C@]3(CN4Cc5ccc(OC)cc5C4=O)CC(=O)NC3=O)n2)CC1. The average Bonchev–Trinajstić information content (AvgIpc) is 3.43. The Morgan fingerprint density at radius 3 is 2.50 bits per heavy atom. The van der Waals surface area contributed by atoms with Crippen molar-refractivity contribution in [2.75, 3.05) is 72.1 Å². The zero-order valence-electron chi connectivity index (χ0n) is 23.0. The lowest BCUT2D eigenvalue weighted by atomic mass is 9.86. The molecule has 11 heteroatoms. The molecule has 40 heavy (non-hydrogen) atoms. The molecule has 1 atom stereocenters. The normalized spacial score (nSPS) is 20.7. The van der Waals surface area contributed by atoms with E-state index in [4.69, 9.17) is 19.2 Å². The van der Waals surface area contributed by atoms with Crippen LogP contribution < -0.4 is 19.7 Å². The van der Waals surface area contributed by atoms with Gasteiger partial charge in [-0.05, 0) is 35.7 Å². The van der Waals surface area contributed by atoms with E-state index in [1.807, 2.05) is 18.2 Å². The maximum atomic E-state index is 13.2. The van der Waals surface area contributed by atoms with E-state index in [9.17, 15) is 14.4 Å². The van der Waals surface area contributed by atoms with Gasteiger partial charge in [-0.25, -0.2) is 4.98 Å². The van der Waals surface area contributed by atoms with E-state index in [2.05, 4.69) is 27.0 Å². The third kappa shape index (κ3) is 5.46. The number of hydrogen-bond acceptors (Lipinski definition) is 9. The highest BCUT2D eigenvalue weighted by Crippen LogP contribution is 2.34. The first-order valence-corrected chi connectivity index (χ1v) is 13.2. The summed E-state index contributed by atoms with van der Waals surface area (Å²) in [6.07, 6.45) is -0.145. The van der Waals surface area contributed by atoms with E-state index < -0.39 is 17.2 Å². The lowest BCUT2D eigenvalue weighted by molar-refractivity contribution is -0.127. The molecule has 0 saturated carbocycles. The van der Waals surface area contributed by atoms with Crippen molar-refractivity contribution in [1.29, 1.82) is 0 Å². The van der Waals surface area contributed by atoms with Gasteiger partial charge in [-0.15, -0.1) is 0 Å². The second kappa shape index (κ2) is 11.5. The number of rotatable bonds is 8. The fourth-order valence-electron chi connectivity index (χ4n) is 5.30. The van der Waals surface area contributed by atoms with Gasteiger partial charge in [0.2, 0.25) is 11.8 Å². The molecule has 2 saturated heterocycles. The maximum Gasteiger partial charge on any atom is 0.254 e. The molecule has 3 amide bonds.